The average molecular weight is 174 g/mol. The summed E-state index contributed by atoms with van der Waals surface area (Å²) in [7, 11) is 0. The lowest BCUT2D eigenvalue weighted by molar-refractivity contribution is 0.475. The van der Waals surface area contributed by atoms with Crippen LogP contribution in [0.5, 0.6) is 5.75 Å². The zero-order valence-corrected chi connectivity index (χ0v) is 8.04. The van der Waals surface area contributed by atoms with Crippen molar-refractivity contribution in [1.82, 2.24) is 0 Å². The van der Waals surface area contributed by atoms with Gasteiger partial charge < -0.3 is 5.11 Å². The van der Waals surface area contributed by atoms with Crippen molar-refractivity contribution in [1.29, 1.82) is 0 Å². The standard InChI is InChI=1S/C12H14O/c1-8-11(12(8,2)3)9-4-6-10(13)7-5-9/h4-7,11,13H,1H2,2-3H3. The molecule has 1 aromatic carbocycles. The molecular weight excluding hydrogens is 160 g/mol. The molecule has 0 aliphatic heterocycles. The Morgan fingerprint density at radius 2 is 1.69 bits per heavy atom. The van der Waals surface area contributed by atoms with Gasteiger partial charge in [0.15, 0.2) is 0 Å². The topological polar surface area (TPSA) is 20.2 Å². The summed E-state index contributed by atoms with van der Waals surface area (Å²) in [6.07, 6.45) is 0. The highest BCUT2D eigenvalue weighted by Gasteiger charge is 2.51. The minimum atomic E-state index is 0.247. The molecular formula is C12H14O. The van der Waals surface area contributed by atoms with Gasteiger partial charge in [-0.25, -0.2) is 0 Å². The molecule has 1 saturated carbocycles. The SMILES string of the molecule is C=C1C(c2ccc(O)cc2)C1(C)C. The van der Waals surface area contributed by atoms with E-state index in [2.05, 4.69) is 20.4 Å². The summed E-state index contributed by atoms with van der Waals surface area (Å²) in [6, 6.07) is 7.41. The number of phenols is 1. The molecule has 1 aliphatic carbocycles. The van der Waals surface area contributed by atoms with Gasteiger partial charge in [0.05, 0.1) is 0 Å². The van der Waals surface area contributed by atoms with Crippen LogP contribution in [0.4, 0.5) is 0 Å². The molecule has 13 heavy (non-hydrogen) atoms. The van der Waals surface area contributed by atoms with E-state index in [4.69, 9.17) is 5.11 Å². The Hall–Kier alpha value is -1.24. The zero-order chi connectivity index (χ0) is 9.64. The van der Waals surface area contributed by atoms with E-state index in [-0.39, 0.29) is 5.41 Å². The van der Waals surface area contributed by atoms with Gasteiger partial charge in [0, 0.05) is 5.92 Å². The van der Waals surface area contributed by atoms with Gasteiger partial charge in [0.25, 0.3) is 0 Å². The maximum absolute atomic E-state index is 9.13. The molecule has 1 unspecified atom stereocenters. The Labute approximate surface area is 78.7 Å². The van der Waals surface area contributed by atoms with Crippen LogP contribution in [0, 0.1) is 5.41 Å². The molecule has 1 fully saturated rings. The van der Waals surface area contributed by atoms with Crippen molar-refractivity contribution >= 4 is 0 Å². The lowest BCUT2D eigenvalue weighted by atomic mass is 10.0. The minimum absolute atomic E-state index is 0.247. The second-order valence-corrected chi connectivity index (χ2v) is 4.27. The predicted octanol–water partition coefficient (Wildman–Crippen LogP) is 3.07. The van der Waals surface area contributed by atoms with E-state index in [0.29, 0.717) is 11.7 Å². The Bertz CT molecular complexity index is 346. The van der Waals surface area contributed by atoms with Crippen LogP contribution < -0.4 is 0 Å². The van der Waals surface area contributed by atoms with Crippen LogP contribution in [-0.2, 0) is 0 Å². The van der Waals surface area contributed by atoms with Crippen molar-refractivity contribution in [3.05, 3.63) is 42.0 Å². The Morgan fingerprint density at radius 1 is 1.23 bits per heavy atom. The predicted molar refractivity (Wildman–Crippen MR) is 53.8 cm³/mol. The normalized spacial score (nSPS) is 24.5. The van der Waals surface area contributed by atoms with Gasteiger partial charge in [-0.1, -0.05) is 38.1 Å². The Balaban J connectivity index is 2.30. The van der Waals surface area contributed by atoms with Gasteiger partial charge in [-0.3, -0.25) is 0 Å². The number of benzene rings is 1. The van der Waals surface area contributed by atoms with Crippen LogP contribution in [0.25, 0.3) is 0 Å². The number of rotatable bonds is 1. The van der Waals surface area contributed by atoms with Crippen LogP contribution in [-0.4, -0.2) is 5.11 Å². The number of phenolic OH excluding ortho intramolecular Hbond substituents is 1. The quantitative estimate of drug-likeness (QED) is 0.649. The monoisotopic (exact) mass is 174 g/mol. The highest BCUT2D eigenvalue weighted by molar-refractivity contribution is 5.48. The maximum atomic E-state index is 9.13. The van der Waals surface area contributed by atoms with Crippen molar-refractivity contribution in [3.63, 3.8) is 0 Å². The third-order valence-corrected chi connectivity index (χ3v) is 3.04. The van der Waals surface area contributed by atoms with Gasteiger partial charge >= 0.3 is 0 Å². The molecule has 0 heterocycles. The Kier molecular flexibility index (Phi) is 1.53. The summed E-state index contributed by atoms with van der Waals surface area (Å²) >= 11 is 0. The minimum Gasteiger partial charge on any atom is -0.508 e. The van der Waals surface area contributed by atoms with Gasteiger partial charge in [-0.05, 0) is 23.1 Å². The number of hydrogen-bond donors (Lipinski definition) is 1. The van der Waals surface area contributed by atoms with E-state index >= 15 is 0 Å². The largest absolute Gasteiger partial charge is 0.508 e. The summed E-state index contributed by atoms with van der Waals surface area (Å²) in [6.45, 7) is 8.44. The van der Waals surface area contributed by atoms with Gasteiger partial charge in [0.1, 0.15) is 5.75 Å². The zero-order valence-electron chi connectivity index (χ0n) is 8.04. The molecule has 0 radical (unpaired) electrons. The van der Waals surface area contributed by atoms with Crippen LogP contribution in [0.15, 0.2) is 36.4 Å². The van der Waals surface area contributed by atoms with Crippen LogP contribution in [0.3, 0.4) is 0 Å². The molecule has 1 N–H and O–H groups in total. The number of aromatic hydroxyl groups is 1. The van der Waals surface area contributed by atoms with E-state index in [1.54, 1.807) is 12.1 Å². The summed E-state index contributed by atoms with van der Waals surface area (Å²) in [5.41, 5.74) is 2.79. The molecule has 0 bridgehead atoms. The third-order valence-electron chi connectivity index (χ3n) is 3.04. The first-order chi connectivity index (χ1) is 6.03. The molecule has 0 saturated heterocycles. The molecule has 0 spiro atoms. The molecule has 1 aromatic rings. The fourth-order valence-corrected chi connectivity index (χ4v) is 1.92. The molecule has 1 aliphatic rings. The highest BCUT2D eigenvalue weighted by atomic mass is 16.3. The maximum Gasteiger partial charge on any atom is 0.115 e. The van der Waals surface area contributed by atoms with E-state index in [0.717, 1.165) is 0 Å². The molecule has 2 rings (SSSR count). The summed E-state index contributed by atoms with van der Waals surface area (Å²) in [5.74, 6) is 0.806. The summed E-state index contributed by atoms with van der Waals surface area (Å²) < 4.78 is 0. The molecule has 1 heteroatoms. The average Bonchev–Trinajstić information content (AvgIpc) is 2.55. The smallest absolute Gasteiger partial charge is 0.115 e. The van der Waals surface area contributed by atoms with Crippen molar-refractivity contribution in [3.8, 4) is 5.75 Å². The van der Waals surface area contributed by atoms with Crippen molar-refractivity contribution in [2.24, 2.45) is 5.41 Å². The third kappa shape index (κ3) is 1.15. The molecule has 68 valence electrons. The van der Waals surface area contributed by atoms with Crippen molar-refractivity contribution < 1.29 is 5.11 Å². The van der Waals surface area contributed by atoms with Crippen molar-refractivity contribution in [2.75, 3.05) is 0 Å². The fraction of sp³-hybridized carbons (Fsp3) is 0.333. The van der Waals surface area contributed by atoms with E-state index < -0.39 is 0 Å². The molecule has 0 aromatic heterocycles. The second-order valence-electron chi connectivity index (χ2n) is 4.27. The van der Waals surface area contributed by atoms with E-state index in [9.17, 15) is 0 Å². The number of hydrogen-bond acceptors (Lipinski definition) is 1. The summed E-state index contributed by atoms with van der Waals surface area (Å²) in [4.78, 5) is 0. The van der Waals surface area contributed by atoms with E-state index in [1.807, 2.05) is 12.1 Å². The first-order valence-electron chi connectivity index (χ1n) is 4.51. The van der Waals surface area contributed by atoms with Gasteiger partial charge in [0.2, 0.25) is 0 Å². The van der Waals surface area contributed by atoms with E-state index in [1.165, 1.54) is 11.1 Å². The number of allylic oxidation sites excluding steroid dienone is 1. The van der Waals surface area contributed by atoms with Gasteiger partial charge in [-0.2, -0.15) is 0 Å². The first kappa shape index (κ1) is 8.36. The summed E-state index contributed by atoms with van der Waals surface area (Å²) in [5, 5.41) is 9.13. The first-order valence-corrected chi connectivity index (χ1v) is 4.51. The molecule has 1 atom stereocenters. The Morgan fingerprint density at radius 3 is 2.08 bits per heavy atom. The lowest BCUT2D eigenvalue weighted by Gasteiger charge is -2.01. The lowest BCUT2D eigenvalue weighted by Crippen LogP contribution is -1.88. The molecule has 0 amide bonds. The highest BCUT2D eigenvalue weighted by Crippen LogP contribution is 2.62. The van der Waals surface area contributed by atoms with Crippen LogP contribution >= 0.6 is 0 Å². The van der Waals surface area contributed by atoms with Crippen molar-refractivity contribution in [2.45, 2.75) is 19.8 Å². The van der Waals surface area contributed by atoms with Gasteiger partial charge in [-0.15, -0.1) is 0 Å². The van der Waals surface area contributed by atoms with Crippen LogP contribution in [0.2, 0.25) is 0 Å². The second kappa shape index (κ2) is 2.38. The van der Waals surface area contributed by atoms with Crippen LogP contribution in [0.1, 0.15) is 25.3 Å². The molecule has 1 nitrogen and oxygen atoms in total. The fourth-order valence-electron chi connectivity index (χ4n) is 1.92.